The molecular formula is C20H20N2O5S2. The summed E-state index contributed by atoms with van der Waals surface area (Å²) in [5.74, 6) is -1.62. The number of rotatable bonds is 7. The average Bonchev–Trinajstić information content (AvgIpc) is 3.09. The fourth-order valence-corrected chi connectivity index (χ4v) is 4.50. The van der Waals surface area contributed by atoms with Gasteiger partial charge in [0.2, 0.25) is 0 Å². The molecule has 29 heavy (non-hydrogen) atoms. The number of carbonyl (C=O) groups is 3. The quantitative estimate of drug-likeness (QED) is 0.408. The molecule has 0 saturated carbocycles. The highest BCUT2D eigenvalue weighted by molar-refractivity contribution is 8.26. The van der Waals surface area contributed by atoms with Gasteiger partial charge >= 0.3 is 11.9 Å². The van der Waals surface area contributed by atoms with Crippen LogP contribution in [0.1, 0.15) is 24.6 Å². The van der Waals surface area contributed by atoms with E-state index in [2.05, 4.69) is 0 Å². The number of esters is 1. The Bertz CT molecular complexity index is 1040. The smallest absolute Gasteiger partial charge is 0.325 e. The number of fused-ring (bicyclic) bond motifs is 1. The lowest BCUT2D eigenvalue weighted by Crippen LogP contribution is -2.30. The maximum atomic E-state index is 12.7. The highest BCUT2D eigenvalue weighted by atomic mass is 32.2. The molecule has 1 aromatic carbocycles. The summed E-state index contributed by atoms with van der Waals surface area (Å²) in [5, 5.41) is 9.78. The third-order valence-electron chi connectivity index (χ3n) is 4.57. The maximum absolute atomic E-state index is 12.7. The van der Waals surface area contributed by atoms with Gasteiger partial charge in [0.25, 0.3) is 5.91 Å². The number of amides is 1. The van der Waals surface area contributed by atoms with E-state index in [0.717, 1.165) is 33.9 Å². The first kappa shape index (κ1) is 21.1. The van der Waals surface area contributed by atoms with Crippen LogP contribution in [0.25, 0.3) is 17.0 Å². The number of hydrogen-bond acceptors (Lipinski definition) is 6. The SMILES string of the molecule is CCOC(=O)Cn1c(C)c(/C=C2/SC(=S)N(CCC(=O)O)C2=O)c2ccccc21. The molecule has 1 fully saturated rings. The Morgan fingerprint density at radius 3 is 2.72 bits per heavy atom. The first-order valence-electron chi connectivity index (χ1n) is 9.04. The van der Waals surface area contributed by atoms with Crippen molar-refractivity contribution in [2.24, 2.45) is 0 Å². The molecule has 7 nitrogen and oxygen atoms in total. The van der Waals surface area contributed by atoms with Gasteiger partial charge in [-0.3, -0.25) is 19.3 Å². The van der Waals surface area contributed by atoms with Gasteiger partial charge in [-0.25, -0.2) is 0 Å². The maximum Gasteiger partial charge on any atom is 0.325 e. The van der Waals surface area contributed by atoms with Crippen LogP contribution in [-0.4, -0.2) is 49.9 Å². The van der Waals surface area contributed by atoms with Crippen molar-refractivity contribution in [2.45, 2.75) is 26.8 Å². The molecule has 2 aromatic rings. The van der Waals surface area contributed by atoms with Gasteiger partial charge in [-0.1, -0.05) is 42.2 Å². The number of carbonyl (C=O) groups excluding carboxylic acids is 2. The molecule has 0 atom stereocenters. The van der Waals surface area contributed by atoms with E-state index in [1.807, 2.05) is 35.8 Å². The minimum atomic E-state index is -0.985. The van der Waals surface area contributed by atoms with Crippen LogP contribution in [0, 0.1) is 6.92 Å². The van der Waals surface area contributed by atoms with Gasteiger partial charge in [-0.05, 0) is 26.0 Å². The van der Waals surface area contributed by atoms with Crippen LogP contribution < -0.4 is 0 Å². The summed E-state index contributed by atoms with van der Waals surface area (Å²) in [6, 6.07) is 7.63. The number of hydrogen-bond donors (Lipinski definition) is 1. The van der Waals surface area contributed by atoms with Crippen LogP contribution in [0.15, 0.2) is 29.2 Å². The summed E-state index contributed by atoms with van der Waals surface area (Å²) in [6.45, 7) is 4.07. The average molecular weight is 433 g/mol. The summed E-state index contributed by atoms with van der Waals surface area (Å²) in [7, 11) is 0. The Hall–Kier alpha value is -2.65. The summed E-state index contributed by atoms with van der Waals surface area (Å²) >= 11 is 6.40. The van der Waals surface area contributed by atoms with Crippen molar-refractivity contribution in [1.82, 2.24) is 9.47 Å². The lowest BCUT2D eigenvalue weighted by molar-refractivity contribution is -0.143. The number of aliphatic carboxylic acids is 1. The highest BCUT2D eigenvalue weighted by Gasteiger charge is 2.32. The molecular weight excluding hydrogens is 412 g/mol. The van der Waals surface area contributed by atoms with E-state index in [1.54, 1.807) is 13.0 Å². The number of para-hydroxylation sites is 1. The highest BCUT2D eigenvalue weighted by Crippen LogP contribution is 2.35. The molecule has 9 heteroatoms. The number of aromatic nitrogens is 1. The zero-order valence-electron chi connectivity index (χ0n) is 16.0. The van der Waals surface area contributed by atoms with Gasteiger partial charge in [0, 0.05) is 28.7 Å². The lowest BCUT2D eigenvalue weighted by Gasteiger charge is -2.12. The molecule has 0 radical (unpaired) electrons. The van der Waals surface area contributed by atoms with E-state index in [1.165, 1.54) is 4.90 Å². The third-order valence-corrected chi connectivity index (χ3v) is 5.95. The third kappa shape index (κ3) is 4.35. The van der Waals surface area contributed by atoms with Crippen LogP contribution in [0.3, 0.4) is 0 Å². The molecule has 1 amide bonds. The second-order valence-electron chi connectivity index (χ2n) is 6.38. The van der Waals surface area contributed by atoms with E-state index in [9.17, 15) is 14.4 Å². The number of carboxylic acids is 1. The van der Waals surface area contributed by atoms with Gasteiger partial charge in [-0.15, -0.1) is 0 Å². The Morgan fingerprint density at radius 1 is 1.31 bits per heavy atom. The Balaban J connectivity index is 1.99. The molecule has 0 spiro atoms. The molecule has 1 aliphatic heterocycles. The zero-order valence-corrected chi connectivity index (χ0v) is 17.6. The van der Waals surface area contributed by atoms with Crippen LogP contribution >= 0.6 is 24.0 Å². The predicted octanol–water partition coefficient (Wildman–Crippen LogP) is 3.19. The fourth-order valence-electron chi connectivity index (χ4n) is 3.21. The number of thiocarbonyl (C=S) groups is 1. The zero-order chi connectivity index (χ0) is 21.1. The predicted molar refractivity (Wildman–Crippen MR) is 115 cm³/mol. The van der Waals surface area contributed by atoms with E-state index >= 15 is 0 Å². The molecule has 1 saturated heterocycles. The van der Waals surface area contributed by atoms with E-state index in [0.29, 0.717) is 15.8 Å². The Kier molecular flexibility index (Phi) is 6.39. The fraction of sp³-hybridized carbons (Fsp3) is 0.300. The van der Waals surface area contributed by atoms with Crippen molar-refractivity contribution < 1.29 is 24.2 Å². The van der Waals surface area contributed by atoms with Crippen molar-refractivity contribution in [3.8, 4) is 0 Å². The number of nitrogens with zero attached hydrogens (tertiary/aromatic N) is 2. The van der Waals surface area contributed by atoms with Crippen LogP contribution in [-0.2, 0) is 25.7 Å². The van der Waals surface area contributed by atoms with Gasteiger partial charge in [0.1, 0.15) is 10.9 Å². The molecule has 0 aliphatic carbocycles. The van der Waals surface area contributed by atoms with Crippen molar-refractivity contribution >= 4 is 63.1 Å². The summed E-state index contributed by atoms with van der Waals surface area (Å²) in [4.78, 5) is 37.3. The number of benzene rings is 1. The monoisotopic (exact) mass is 432 g/mol. The molecule has 1 aromatic heterocycles. The summed E-state index contributed by atoms with van der Waals surface area (Å²) < 4.78 is 7.29. The van der Waals surface area contributed by atoms with E-state index in [-0.39, 0.29) is 31.4 Å². The van der Waals surface area contributed by atoms with Crippen LogP contribution in [0.2, 0.25) is 0 Å². The van der Waals surface area contributed by atoms with Crippen molar-refractivity contribution in [1.29, 1.82) is 0 Å². The number of carboxylic acid groups (broad SMARTS) is 1. The first-order chi connectivity index (χ1) is 13.8. The second kappa shape index (κ2) is 8.79. The van der Waals surface area contributed by atoms with Crippen molar-refractivity contribution in [2.75, 3.05) is 13.2 Å². The summed E-state index contributed by atoms with van der Waals surface area (Å²) in [5.41, 5.74) is 2.52. The minimum Gasteiger partial charge on any atom is -0.481 e. The van der Waals surface area contributed by atoms with Gasteiger partial charge in [0.15, 0.2) is 0 Å². The molecule has 1 aliphatic rings. The first-order valence-corrected chi connectivity index (χ1v) is 10.3. The van der Waals surface area contributed by atoms with Gasteiger partial charge in [0.05, 0.1) is 17.9 Å². The lowest BCUT2D eigenvalue weighted by atomic mass is 10.1. The van der Waals surface area contributed by atoms with E-state index in [4.69, 9.17) is 22.1 Å². The van der Waals surface area contributed by atoms with Gasteiger partial charge < -0.3 is 14.4 Å². The van der Waals surface area contributed by atoms with E-state index < -0.39 is 5.97 Å². The normalized spacial score (nSPS) is 15.5. The van der Waals surface area contributed by atoms with Crippen molar-refractivity contribution in [3.05, 3.63) is 40.4 Å². The molecule has 1 N–H and O–H groups in total. The number of thioether (sulfide) groups is 1. The molecule has 0 unspecified atom stereocenters. The molecule has 0 bridgehead atoms. The molecule has 152 valence electrons. The second-order valence-corrected chi connectivity index (χ2v) is 8.06. The van der Waals surface area contributed by atoms with Crippen molar-refractivity contribution in [3.63, 3.8) is 0 Å². The van der Waals surface area contributed by atoms with Crippen LogP contribution in [0.4, 0.5) is 0 Å². The summed E-state index contributed by atoms with van der Waals surface area (Å²) in [6.07, 6.45) is 1.59. The standard InChI is InChI=1S/C20H20N2O5S2/c1-3-27-18(25)11-22-12(2)14(13-6-4-5-7-15(13)22)10-16-19(26)21(20(28)29-16)9-8-17(23)24/h4-7,10H,3,8-9,11H2,1-2H3,(H,23,24)/b16-10+. The van der Waals surface area contributed by atoms with Crippen LogP contribution in [0.5, 0.6) is 0 Å². The molecule has 3 rings (SSSR count). The Labute approximate surface area is 177 Å². The largest absolute Gasteiger partial charge is 0.481 e. The Morgan fingerprint density at radius 2 is 2.03 bits per heavy atom. The molecule has 2 heterocycles. The minimum absolute atomic E-state index is 0.0426. The van der Waals surface area contributed by atoms with Gasteiger partial charge in [-0.2, -0.15) is 0 Å². The topological polar surface area (TPSA) is 88.8 Å². The number of ether oxygens (including phenoxy) is 1.